The molecule has 0 bridgehead atoms. The molecule has 2 aromatic rings. The highest BCUT2D eigenvalue weighted by molar-refractivity contribution is 6.31. The van der Waals surface area contributed by atoms with Gasteiger partial charge in [0.1, 0.15) is 17.2 Å². The van der Waals surface area contributed by atoms with Crippen LogP contribution in [0, 0.1) is 0 Å². The van der Waals surface area contributed by atoms with Crippen LogP contribution in [-0.2, 0) is 20.6 Å². The number of rotatable bonds is 6. The fourth-order valence-corrected chi connectivity index (χ4v) is 5.80. The van der Waals surface area contributed by atoms with Crippen molar-refractivity contribution in [3.63, 3.8) is 0 Å². The lowest BCUT2D eigenvalue weighted by molar-refractivity contribution is -0.225. The summed E-state index contributed by atoms with van der Waals surface area (Å²) >= 11 is 0. The van der Waals surface area contributed by atoms with Crippen molar-refractivity contribution in [3.05, 3.63) is 51.6 Å². The number of aliphatic hydroxyl groups is 2. The summed E-state index contributed by atoms with van der Waals surface area (Å²) in [4.78, 5) is 27.2. The van der Waals surface area contributed by atoms with Gasteiger partial charge in [0, 0.05) is 55.7 Å². The van der Waals surface area contributed by atoms with Crippen LogP contribution >= 0.6 is 0 Å². The molecule has 1 fully saturated rings. The number of methoxy groups -OCH3 is 2. The van der Waals surface area contributed by atoms with Crippen LogP contribution in [-0.4, -0.2) is 83.5 Å². The van der Waals surface area contributed by atoms with Gasteiger partial charge in [-0.3, -0.25) is 9.59 Å². The van der Waals surface area contributed by atoms with E-state index in [2.05, 4.69) is 0 Å². The van der Waals surface area contributed by atoms with Crippen LogP contribution in [0.4, 0.5) is 0 Å². The largest absolute Gasteiger partial charge is 0.507 e. The highest BCUT2D eigenvalue weighted by Crippen LogP contribution is 2.53. The van der Waals surface area contributed by atoms with Crippen LogP contribution < -0.4 is 10.5 Å². The molecule has 6 N–H and O–H groups in total. The van der Waals surface area contributed by atoms with Gasteiger partial charge in [-0.15, -0.1) is 0 Å². The second-order valence-corrected chi connectivity index (χ2v) is 9.98. The number of nitrogens with two attached hydrogens (primary N) is 1. The Balaban J connectivity index is 1.68. The van der Waals surface area contributed by atoms with Gasteiger partial charge in [-0.2, -0.15) is 0 Å². The lowest BCUT2D eigenvalue weighted by Gasteiger charge is -2.43. The molecular weight excluding hydrogens is 498 g/mol. The van der Waals surface area contributed by atoms with Gasteiger partial charge in [-0.05, 0) is 12.5 Å². The number of hydrogen-bond acceptors (Lipinski definition) is 11. The van der Waals surface area contributed by atoms with E-state index in [-0.39, 0.29) is 78.0 Å². The monoisotopic (exact) mass is 529 g/mol. The third kappa shape index (κ3) is 4.06. The summed E-state index contributed by atoms with van der Waals surface area (Å²) in [5.41, 5.74) is 4.71. The SMILES string of the molecule is COc1cccc2c1C(=O)c1c(O)c3c(c(O)c1C2=O)CC(CCO)(OC)CC3O[C@H]1C[C@@H](N)[C@H](O)CO1. The van der Waals surface area contributed by atoms with E-state index in [9.17, 15) is 30.0 Å². The van der Waals surface area contributed by atoms with E-state index in [1.165, 1.54) is 26.4 Å². The zero-order valence-electron chi connectivity index (χ0n) is 21.1. The maximum absolute atomic E-state index is 13.7. The minimum Gasteiger partial charge on any atom is -0.507 e. The van der Waals surface area contributed by atoms with E-state index in [1.54, 1.807) is 6.07 Å². The molecule has 5 atom stereocenters. The Hall–Kier alpha value is -3.06. The summed E-state index contributed by atoms with van der Waals surface area (Å²) in [6, 6.07) is 3.97. The normalized spacial score (nSPS) is 28.4. The molecule has 2 aromatic carbocycles. The second kappa shape index (κ2) is 9.92. The quantitative estimate of drug-likeness (QED) is 0.289. The number of benzene rings is 2. The van der Waals surface area contributed by atoms with Crippen LogP contribution in [0.25, 0.3) is 0 Å². The summed E-state index contributed by atoms with van der Waals surface area (Å²) in [6.07, 6.45) is -2.16. The molecule has 1 aliphatic heterocycles. The maximum atomic E-state index is 13.7. The standard InChI is InChI=1S/C27H31NO10/c1-35-16-5-3-4-12-19(16)25(33)22-21(23(12)31)24(32)13-9-27(36-2,6-7-29)10-17(20(13)26(22)34)38-18-8-14(28)15(30)11-37-18/h3-5,14-15,17-18,29-30,32,34H,6-11,28H2,1-2H3/t14-,15-,17?,18+,27?/m1/s1. The lowest BCUT2D eigenvalue weighted by Crippen LogP contribution is -2.48. The molecule has 0 radical (unpaired) electrons. The van der Waals surface area contributed by atoms with Crippen molar-refractivity contribution < 1.29 is 49.0 Å². The number of carbonyl (C=O) groups excluding carboxylic acids is 2. The van der Waals surface area contributed by atoms with Crippen molar-refractivity contribution in [2.75, 3.05) is 27.4 Å². The summed E-state index contributed by atoms with van der Waals surface area (Å²) in [5.74, 6) is -2.07. The molecule has 0 amide bonds. The Labute approximate surface area is 218 Å². The molecule has 0 aromatic heterocycles. The first-order valence-electron chi connectivity index (χ1n) is 12.4. The van der Waals surface area contributed by atoms with Gasteiger partial charge in [-0.25, -0.2) is 0 Å². The number of ketones is 2. The average molecular weight is 530 g/mol. The predicted octanol–water partition coefficient (Wildman–Crippen LogP) is 1.09. The Kier molecular flexibility index (Phi) is 6.93. The molecule has 5 rings (SSSR count). The number of phenolic OH excluding ortho intramolecular Hbond substituents is 2. The molecule has 204 valence electrons. The van der Waals surface area contributed by atoms with E-state index in [4.69, 9.17) is 24.7 Å². The summed E-state index contributed by atoms with van der Waals surface area (Å²) in [7, 11) is 2.84. The lowest BCUT2D eigenvalue weighted by atomic mass is 9.72. The summed E-state index contributed by atoms with van der Waals surface area (Å²) in [5, 5.41) is 42.7. The van der Waals surface area contributed by atoms with Crippen molar-refractivity contribution in [1.82, 2.24) is 0 Å². The molecule has 11 nitrogen and oxygen atoms in total. The Morgan fingerprint density at radius 2 is 1.84 bits per heavy atom. The van der Waals surface area contributed by atoms with Gasteiger partial charge in [0.15, 0.2) is 12.1 Å². The van der Waals surface area contributed by atoms with Gasteiger partial charge in [0.2, 0.25) is 5.78 Å². The smallest absolute Gasteiger partial charge is 0.202 e. The summed E-state index contributed by atoms with van der Waals surface area (Å²) < 4.78 is 22.9. The second-order valence-electron chi connectivity index (χ2n) is 9.98. The first kappa shape index (κ1) is 26.5. The Bertz CT molecular complexity index is 1290. The molecule has 2 unspecified atom stereocenters. The fraction of sp³-hybridized carbons (Fsp3) is 0.481. The van der Waals surface area contributed by atoms with Crippen molar-refractivity contribution in [2.24, 2.45) is 5.73 Å². The Morgan fingerprint density at radius 3 is 2.50 bits per heavy atom. The zero-order chi connectivity index (χ0) is 27.4. The molecule has 1 saturated heterocycles. The number of fused-ring (bicyclic) bond motifs is 3. The van der Waals surface area contributed by atoms with Crippen LogP contribution in [0.3, 0.4) is 0 Å². The topological polar surface area (TPSA) is 178 Å². The first-order chi connectivity index (χ1) is 18.2. The molecule has 38 heavy (non-hydrogen) atoms. The predicted molar refractivity (Wildman–Crippen MR) is 132 cm³/mol. The number of ether oxygens (including phenoxy) is 4. The molecular formula is C27H31NO10. The van der Waals surface area contributed by atoms with Crippen molar-refractivity contribution >= 4 is 11.6 Å². The van der Waals surface area contributed by atoms with Gasteiger partial charge in [0.05, 0.1) is 48.2 Å². The van der Waals surface area contributed by atoms with E-state index < -0.39 is 53.2 Å². The van der Waals surface area contributed by atoms with Gasteiger partial charge >= 0.3 is 0 Å². The van der Waals surface area contributed by atoms with E-state index >= 15 is 0 Å². The van der Waals surface area contributed by atoms with Gasteiger partial charge < -0.3 is 45.1 Å². The van der Waals surface area contributed by atoms with Crippen LogP contribution in [0.1, 0.15) is 68.3 Å². The molecule has 0 saturated carbocycles. The number of hydrogen-bond donors (Lipinski definition) is 5. The van der Waals surface area contributed by atoms with Crippen LogP contribution in [0.5, 0.6) is 17.2 Å². The molecule has 0 spiro atoms. The maximum Gasteiger partial charge on any atom is 0.202 e. The minimum absolute atomic E-state index is 0.00229. The highest BCUT2D eigenvalue weighted by Gasteiger charge is 2.48. The third-order valence-corrected chi connectivity index (χ3v) is 7.87. The molecule has 11 heteroatoms. The average Bonchev–Trinajstić information content (AvgIpc) is 2.90. The Morgan fingerprint density at radius 1 is 1.11 bits per heavy atom. The fourth-order valence-electron chi connectivity index (χ4n) is 5.80. The van der Waals surface area contributed by atoms with Crippen LogP contribution in [0.2, 0.25) is 0 Å². The van der Waals surface area contributed by atoms with E-state index in [0.717, 1.165) is 0 Å². The summed E-state index contributed by atoms with van der Waals surface area (Å²) in [6.45, 7) is -0.280. The molecule has 2 aliphatic carbocycles. The number of aliphatic hydroxyl groups excluding tert-OH is 2. The van der Waals surface area contributed by atoms with Gasteiger partial charge in [-0.1, -0.05) is 12.1 Å². The molecule has 3 aliphatic rings. The molecule has 1 heterocycles. The highest BCUT2D eigenvalue weighted by atomic mass is 16.7. The number of aromatic hydroxyl groups is 2. The van der Waals surface area contributed by atoms with Crippen molar-refractivity contribution in [2.45, 2.75) is 55.8 Å². The number of carbonyl (C=O) groups is 2. The van der Waals surface area contributed by atoms with Crippen molar-refractivity contribution in [3.8, 4) is 17.2 Å². The minimum atomic E-state index is -1.01. The number of phenols is 2. The van der Waals surface area contributed by atoms with Gasteiger partial charge in [0.25, 0.3) is 0 Å². The van der Waals surface area contributed by atoms with E-state index in [0.29, 0.717) is 0 Å². The third-order valence-electron chi connectivity index (χ3n) is 7.87. The van der Waals surface area contributed by atoms with Crippen LogP contribution in [0.15, 0.2) is 18.2 Å². The van der Waals surface area contributed by atoms with Crippen molar-refractivity contribution in [1.29, 1.82) is 0 Å². The zero-order valence-corrected chi connectivity index (χ0v) is 21.1. The first-order valence-corrected chi connectivity index (χ1v) is 12.4. The van der Waals surface area contributed by atoms with E-state index in [1.807, 2.05) is 0 Å².